The van der Waals surface area contributed by atoms with Crippen LogP contribution in [0.5, 0.6) is 5.75 Å². The Hall–Kier alpha value is -2.84. The van der Waals surface area contributed by atoms with Crippen LogP contribution in [0.1, 0.15) is 34.5 Å². The van der Waals surface area contributed by atoms with Crippen LogP contribution in [0.2, 0.25) is 5.02 Å². The van der Waals surface area contributed by atoms with Gasteiger partial charge in [0.15, 0.2) is 5.76 Å². The molecule has 7 nitrogen and oxygen atoms in total. The maximum atomic E-state index is 13.1. The Kier molecular flexibility index (Phi) is 6.81. The van der Waals surface area contributed by atoms with Gasteiger partial charge in [-0.25, -0.2) is 4.39 Å². The summed E-state index contributed by atoms with van der Waals surface area (Å²) in [5, 5.41) is 4.68. The van der Waals surface area contributed by atoms with Crippen molar-refractivity contribution in [2.75, 3.05) is 26.2 Å². The molecule has 0 aliphatic carbocycles. The third-order valence-electron chi connectivity index (χ3n) is 5.56. The van der Waals surface area contributed by atoms with E-state index in [-0.39, 0.29) is 23.3 Å². The minimum absolute atomic E-state index is 0.0944. The van der Waals surface area contributed by atoms with Gasteiger partial charge in [0.2, 0.25) is 0 Å². The topological polar surface area (TPSA) is 63.7 Å². The largest absolute Gasteiger partial charge is 0.484 e. The number of rotatable bonds is 7. The quantitative estimate of drug-likeness (QED) is 0.530. The second kappa shape index (κ2) is 9.75. The van der Waals surface area contributed by atoms with E-state index in [0.29, 0.717) is 24.6 Å². The van der Waals surface area contributed by atoms with Crippen LogP contribution in [0.25, 0.3) is 0 Å². The number of piperazine rings is 1. The zero-order valence-corrected chi connectivity index (χ0v) is 18.9. The summed E-state index contributed by atoms with van der Waals surface area (Å²) >= 11 is 5.97. The first-order valence-corrected chi connectivity index (χ1v) is 11.0. The van der Waals surface area contributed by atoms with E-state index in [9.17, 15) is 9.18 Å². The first kappa shape index (κ1) is 22.4. The molecule has 3 heterocycles. The number of hydrogen-bond donors (Lipinski definition) is 0. The molecule has 0 atom stereocenters. The van der Waals surface area contributed by atoms with E-state index >= 15 is 0 Å². The summed E-state index contributed by atoms with van der Waals surface area (Å²) in [6.07, 6.45) is 2.10. The molecule has 3 aromatic rings. The normalized spacial score (nSPS) is 14.7. The van der Waals surface area contributed by atoms with Gasteiger partial charge in [0.1, 0.15) is 23.9 Å². The smallest absolute Gasteiger partial charge is 0.289 e. The zero-order chi connectivity index (χ0) is 22.7. The number of halogens is 2. The Labute approximate surface area is 191 Å². The number of furan rings is 1. The Morgan fingerprint density at radius 2 is 2.00 bits per heavy atom. The SMILES string of the molecule is CCn1cc(CN2CCN(C(=O)c3ccc(COc4ccc(F)cc4Cl)o3)CC2)c(C)n1. The third kappa shape index (κ3) is 5.14. The lowest BCUT2D eigenvalue weighted by Crippen LogP contribution is -2.48. The fraction of sp³-hybridized carbons (Fsp3) is 0.391. The summed E-state index contributed by atoms with van der Waals surface area (Å²) in [4.78, 5) is 17.0. The number of ether oxygens (including phenoxy) is 1. The monoisotopic (exact) mass is 460 g/mol. The van der Waals surface area contributed by atoms with Gasteiger partial charge < -0.3 is 14.1 Å². The minimum atomic E-state index is -0.431. The van der Waals surface area contributed by atoms with Crippen molar-refractivity contribution in [3.63, 3.8) is 0 Å². The first-order valence-electron chi connectivity index (χ1n) is 10.6. The molecule has 0 bridgehead atoms. The molecule has 1 aliphatic heterocycles. The number of carbonyl (C=O) groups excluding carboxylic acids is 1. The van der Waals surface area contributed by atoms with Crippen LogP contribution in [0.15, 0.2) is 40.9 Å². The molecule has 4 rings (SSSR count). The van der Waals surface area contributed by atoms with Gasteiger partial charge in [-0.1, -0.05) is 11.6 Å². The standard InChI is InChI=1S/C23H26ClFN4O3/c1-3-29-14-17(16(2)26-29)13-27-8-10-28(11-9-27)23(30)22-7-5-19(32-22)15-31-21-6-4-18(25)12-20(21)24/h4-7,12,14H,3,8-11,13,15H2,1-2H3. The molecule has 9 heteroatoms. The van der Waals surface area contributed by atoms with Crippen LogP contribution < -0.4 is 4.74 Å². The summed E-state index contributed by atoms with van der Waals surface area (Å²) in [5.41, 5.74) is 2.28. The Bertz CT molecular complexity index is 1090. The van der Waals surface area contributed by atoms with Crippen molar-refractivity contribution in [2.45, 2.75) is 33.5 Å². The van der Waals surface area contributed by atoms with Crippen LogP contribution in [-0.4, -0.2) is 51.7 Å². The fourth-order valence-electron chi connectivity index (χ4n) is 3.69. The average molecular weight is 461 g/mol. The van der Waals surface area contributed by atoms with Crippen LogP contribution in [0, 0.1) is 12.7 Å². The molecule has 1 amide bonds. The van der Waals surface area contributed by atoms with E-state index in [1.165, 1.54) is 23.8 Å². The van der Waals surface area contributed by atoms with Crippen molar-refractivity contribution in [1.82, 2.24) is 19.6 Å². The molecule has 0 unspecified atom stereocenters. The summed E-state index contributed by atoms with van der Waals surface area (Å²) in [6.45, 7) is 8.75. The van der Waals surface area contributed by atoms with Crippen molar-refractivity contribution in [1.29, 1.82) is 0 Å². The van der Waals surface area contributed by atoms with Gasteiger partial charge in [0.05, 0.1) is 10.7 Å². The number of aryl methyl sites for hydroxylation is 2. The van der Waals surface area contributed by atoms with Gasteiger partial charge in [-0.15, -0.1) is 0 Å². The molecular formula is C23H26ClFN4O3. The van der Waals surface area contributed by atoms with Crippen LogP contribution in [0.4, 0.5) is 4.39 Å². The van der Waals surface area contributed by atoms with Gasteiger partial charge in [-0.2, -0.15) is 5.10 Å². The summed E-state index contributed by atoms with van der Waals surface area (Å²) in [5.74, 6) is 0.566. The number of amides is 1. The lowest BCUT2D eigenvalue weighted by Gasteiger charge is -2.34. The molecule has 170 valence electrons. The van der Waals surface area contributed by atoms with Gasteiger partial charge in [-0.3, -0.25) is 14.4 Å². The summed E-state index contributed by atoms with van der Waals surface area (Å²) in [7, 11) is 0. The predicted octanol–water partition coefficient (Wildman–Crippen LogP) is 4.13. The molecule has 1 saturated heterocycles. The van der Waals surface area contributed by atoms with E-state index in [0.717, 1.165) is 31.9 Å². The lowest BCUT2D eigenvalue weighted by molar-refractivity contribution is 0.0594. The van der Waals surface area contributed by atoms with Gasteiger partial charge in [0.25, 0.3) is 5.91 Å². The molecule has 1 aliphatic rings. The van der Waals surface area contributed by atoms with E-state index in [4.69, 9.17) is 20.8 Å². The average Bonchev–Trinajstić information content (AvgIpc) is 3.40. The number of carbonyl (C=O) groups is 1. The fourth-order valence-corrected chi connectivity index (χ4v) is 3.92. The highest BCUT2D eigenvalue weighted by molar-refractivity contribution is 6.32. The highest BCUT2D eigenvalue weighted by Gasteiger charge is 2.25. The maximum absolute atomic E-state index is 13.1. The van der Waals surface area contributed by atoms with Crippen LogP contribution in [0.3, 0.4) is 0 Å². The summed E-state index contributed by atoms with van der Waals surface area (Å²) < 4.78 is 26.3. The Balaban J connectivity index is 1.29. The van der Waals surface area contributed by atoms with Gasteiger partial charge in [0, 0.05) is 51.0 Å². The van der Waals surface area contributed by atoms with Crippen molar-refractivity contribution < 1.29 is 18.3 Å². The molecule has 0 saturated carbocycles. The van der Waals surface area contributed by atoms with E-state index in [1.807, 2.05) is 11.6 Å². The highest BCUT2D eigenvalue weighted by atomic mass is 35.5. The molecule has 1 aromatic carbocycles. The van der Waals surface area contributed by atoms with E-state index in [1.54, 1.807) is 17.0 Å². The van der Waals surface area contributed by atoms with Crippen molar-refractivity contribution in [2.24, 2.45) is 0 Å². The highest BCUT2D eigenvalue weighted by Crippen LogP contribution is 2.26. The minimum Gasteiger partial charge on any atom is -0.484 e. The molecule has 0 N–H and O–H groups in total. The van der Waals surface area contributed by atoms with E-state index < -0.39 is 5.82 Å². The van der Waals surface area contributed by atoms with Crippen LogP contribution >= 0.6 is 11.6 Å². The number of benzene rings is 1. The zero-order valence-electron chi connectivity index (χ0n) is 18.2. The number of nitrogens with zero attached hydrogens (tertiary/aromatic N) is 4. The molecular weight excluding hydrogens is 435 g/mol. The van der Waals surface area contributed by atoms with Gasteiger partial charge in [-0.05, 0) is 44.2 Å². The first-order chi connectivity index (χ1) is 15.4. The predicted molar refractivity (Wildman–Crippen MR) is 118 cm³/mol. The third-order valence-corrected chi connectivity index (χ3v) is 5.86. The lowest BCUT2D eigenvalue weighted by atomic mass is 10.2. The Morgan fingerprint density at radius 1 is 1.22 bits per heavy atom. The molecule has 1 fully saturated rings. The van der Waals surface area contributed by atoms with Crippen molar-refractivity contribution >= 4 is 17.5 Å². The van der Waals surface area contributed by atoms with Gasteiger partial charge >= 0.3 is 0 Å². The van der Waals surface area contributed by atoms with E-state index in [2.05, 4.69) is 23.1 Å². The molecule has 0 spiro atoms. The van der Waals surface area contributed by atoms with Crippen molar-refractivity contribution in [3.8, 4) is 5.75 Å². The molecule has 0 radical (unpaired) electrons. The number of hydrogen-bond acceptors (Lipinski definition) is 5. The maximum Gasteiger partial charge on any atom is 0.289 e. The number of aromatic nitrogens is 2. The van der Waals surface area contributed by atoms with Crippen molar-refractivity contribution in [3.05, 3.63) is 70.1 Å². The summed E-state index contributed by atoms with van der Waals surface area (Å²) in [6, 6.07) is 7.28. The molecule has 32 heavy (non-hydrogen) atoms. The molecule has 2 aromatic heterocycles. The second-order valence-corrected chi connectivity index (χ2v) is 8.20. The van der Waals surface area contributed by atoms with Crippen LogP contribution in [-0.2, 0) is 19.7 Å². The Morgan fingerprint density at radius 3 is 2.69 bits per heavy atom. The second-order valence-electron chi connectivity index (χ2n) is 7.79.